The van der Waals surface area contributed by atoms with E-state index in [0.29, 0.717) is 17.5 Å². The molecule has 0 aliphatic rings. The highest BCUT2D eigenvalue weighted by Gasteiger charge is 2.11. The lowest BCUT2D eigenvalue weighted by Crippen LogP contribution is -2.06. The summed E-state index contributed by atoms with van der Waals surface area (Å²) in [6, 6.07) is 13.4. The van der Waals surface area contributed by atoms with Gasteiger partial charge in [0.25, 0.3) is 0 Å². The summed E-state index contributed by atoms with van der Waals surface area (Å²) in [5.74, 6) is -1.23. The van der Waals surface area contributed by atoms with Crippen molar-refractivity contribution in [3.05, 3.63) is 71.7 Å². The third-order valence-electron chi connectivity index (χ3n) is 3.35. The summed E-state index contributed by atoms with van der Waals surface area (Å²) in [5, 5.41) is 9.72. The van der Waals surface area contributed by atoms with E-state index >= 15 is 0 Å². The monoisotopic (exact) mass is 269 g/mol. The minimum atomic E-state index is -0.955. The lowest BCUT2D eigenvalue weighted by atomic mass is 10.1. The smallest absolute Gasteiger partial charge is 0.336 e. The van der Waals surface area contributed by atoms with Gasteiger partial charge in [-0.05, 0) is 29.8 Å². The number of aromatic carboxylic acids is 1. The fourth-order valence-electron chi connectivity index (χ4n) is 2.37. The molecule has 2 aromatic carbocycles. The highest BCUT2D eigenvalue weighted by molar-refractivity contribution is 5.89. The molecular formula is C16H12FNO2. The molecule has 0 saturated carbocycles. The number of carboxylic acid groups (broad SMARTS) is 1. The van der Waals surface area contributed by atoms with Crippen LogP contribution in [0.2, 0.25) is 0 Å². The quantitative estimate of drug-likeness (QED) is 0.790. The third kappa shape index (κ3) is 2.05. The molecule has 0 spiro atoms. The minimum Gasteiger partial charge on any atom is -0.478 e. The van der Waals surface area contributed by atoms with Crippen molar-refractivity contribution in [3.8, 4) is 0 Å². The Labute approximate surface area is 114 Å². The van der Waals surface area contributed by atoms with E-state index in [-0.39, 0.29) is 11.4 Å². The molecule has 100 valence electrons. The lowest BCUT2D eigenvalue weighted by Gasteiger charge is -2.08. The molecule has 0 radical (unpaired) electrons. The molecule has 20 heavy (non-hydrogen) atoms. The largest absolute Gasteiger partial charge is 0.478 e. The predicted molar refractivity (Wildman–Crippen MR) is 74.4 cm³/mol. The number of aromatic nitrogens is 1. The first-order valence-corrected chi connectivity index (χ1v) is 6.21. The molecule has 0 saturated heterocycles. The van der Waals surface area contributed by atoms with Crippen LogP contribution in [0.5, 0.6) is 0 Å². The molecule has 0 aliphatic carbocycles. The number of carbonyl (C=O) groups is 1. The lowest BCUT2D eigenvalue weighted by molar-refractivity contribution is 0.0695. The van der Waals surface area contributed by atoms with Crippen molar-refractivity contribution < 1.29 is 14.3 Å². The second-order valence-electron chi connectivity index (χ2n) is 4.58. The van der Waals surface area contributed by atoms with Gasteiger partial charge < -0.3 is 9.67 Å². The van der Waals surface area contributed by atoms with Gasteiger partial charge in [0, 0.05) is 18.1 Å². The van der Waals surface area contributed by atoms with Crippen LogP contribution in [0, 0.1) is 5.82 Å². The van der Waals surface area contributed by atoms with E-state index in [9.17, 15) is 14.3 Å². The number of benzene rings is 2. The van der Waals surface area contributed by atoms with Gasteiger partial charge in [0.1, 0.15) is 5.82 Å². The van der Waals surface area contributed by atoms with Gasteiger partial charge in [-0.25, -0.2) is 9.18 Å². The molecule has 0 bridgehead atoms. The van der Waals surface area contributed by atoms with Crippen LogP contribution in [0.15, 0.2) is 54.7 Å². The van der Waals surface area contributed by atoms with Crippen molar-refractivity contribution in [2.24, 2.45) is 0 Å². The Hall–Kier alpha value is -2.62. The van der Waals surface area contributed by atoms with Gasteiger partial charge in [-0.3, -0.25) is 0 Å². The van der Waals surface area contributed by atoms with Gasteiger partial charge in [0.2, 0.25) is 0 Å². The van der Waals surface area contributed by atoms with Crippen molar-refractivity contribution in [2.45, 2.75) is 6.54 Å². The van der Waals surface area contributed by atoms with E-state index in [1.807, 2.05) is 10.6 Å². The number of rotatable bonds is 3. The first-order valence-electron chi connectivity index (χ1n) is 6.21. The van der Waals surface area contributed by atoms with Crippen LogP contribution in [0.25, 0.3) is 10.9 Å². The molecule has 3 aromatic rings. The van der Waals surface area contributed by atoms with E-state index < -0.39 is 5.97 Å². The van der Waals surface area contributed by atoms with Crippen molar-refractivity contribution in [2.75, 3.05) is 0 Å². The zero-order valence-electron chi connectivity index (χ0n) is 10.6. The molecule has 4 heteroatoms. The Morgan fingerprint density at radius 1 is 1.10 bits per heavy atom. The first-order chi connectivity index (χ1) is 9.66. The fourth-order valence-corrected chi connectivity index (χ4v) is 2.37. The van der Waals surface area contributed by atoms with Gasteiger partial charge >= 0.3 is 5.97 Å². The second kappa shape index (κ2) is 4.81. The highest BCUT2D eigenvalue weighted by atomic mass is 19.1. The van der Waals surface area contributed by atoms with Gasteiger partial charge in [-0.2, -0.15) is 0 Å². The Kier molecular flexibility index (Phi) is 2.99. The number of hydrogen-bond donors (Lipinski definition) is 1. The highest BCUT2D eigenvalue weighted by Crippen LogP contribution is 2.21. The fraction of sp³-hybridized carbons (Fsp3) is 0.0625. The van der Waals surface area contributed by atoms with Crippen molar-refractivity contribution in [1.82, 2.24) is 4.57 Å². The molecule has 3 nitrogen and oxygen atoms in total. The molecule has 0 atom stereocenters. The maximum Gasteiger partial charge on any atom is 0.336 e. The van der Waals surface area contributed by atoms with Crippen LogP contribution in [0.4, 0.5) is 4.39 Å². The van der Waals surface area contributed by atoms with Gasteiger partial charge in [0.15, 0.2) is 0 Å². The van der Waals surface area contributed by atoms with Crippen LogP contribution in [0.3, 0.4) is 0 Å². The second-order valence-corrected chi connectivity index (χ2v) is 4.58. The molecule has 3 rings (SSSR count). The van der Waals surface area contributed by atoms with E-state index in [0.717, 1.165) is 5.52 Å². The van der Waals surface area contributed by atoms with Gasteiger partial charge in [0.05, 0.1) is 11.1 Å². The van der Waals surface area contributed by atoms with Crippen LogP contribution in [0.1, 0.15) is 15.9 Å². The van der Waals surface area contributed by atoms with E-state index in [1.54, 1.807) is 42.6 Å². The number of nitrogens with zero attached hydrogens (tertiary/aromatic N) is 1. The topological polar surface area (TPSA) is 42.2 Å². The average molecular weight is 269 g/mol. The minimum absolute atomic E-state index is 0.269. The van der Waals surface area contributed by atoms with E-state index in [4.69, 9.17) is 0 Å². The maximum absolute atomic E-state index is 13.6. The SMILES string of the molecule is O=C(O)c1ccccc1Cn1ccc2c(F)cccc21. The number of fused-ring (bicyclic) bond motifs is 1. The summed E-state index contributed by atoms with van der Waals surface area (Å²) in [7, 11) is 0. The zero-order chi connectivity index (χ0) is 14.1. The zero-order valence-corrected chi connectivity index (χ0v) is 10.6. The summed E-state index contributed by atoms with van der Waals surface area (Å²) in [6.45, 7) is 0.398. The van der Waals surface area contributed by atoms with Crippen molar-refractivity contribution in [3.63, 3.8) is 0 Å². The summed E-state index contributed by atoms with van der Waals surface area (Å²) in [6.07, 6.45) is 1.77. The van der Waals surface area contributed by atoms with Crippen LogP contribution < -0.4 is 0 Å². The molecule has 1 aromatic heterocycles. The van der Waals surface area contributed by atoms with Crippen molar-refractivity contribution in [1.29, 1.82) is 0 Å². The molecule has 1 heterocycles. The van der Waals surface area contributed by atoms with Crippen LogP contribution >= 0.6 is 0 Å². The molecular weight excluding hydrogens is 257 g/mol. The Morgan fingerprint density at radius 2 is 1.90 bits per heavy atom. The van der Waals surface area contributed by atoms with E-state index in [2.05, 4.69) is 0 Å². The average Bonchev–Trinajstić information content (AvgIpc) is 2.84. The van der Waals surface area contributed by atoms with E-state index in [1.165, 1.54) is 6.07 Å². The Bertz CT molecular complexity index is 792. The summed E-state index contributed by atoms with van der Waals surface area (Å²) in [5.41, 5.74) is 1.72. The summed E-state index contributed by atoms with van der Waals surface area (Å²) >= 11 is 0. The predicted octanol–water partition coefficient (Wildman–Crippen LogP) is 3.53. The van der Waals surface area contributed by atoms with Crippen LogP contribution in [-0.4, -0.2) is 15.6 Å². The molecule has 0 unspecified atom stereocenters. The number of halogens is 1. The molecule has 1 N–H and O–H groups in total. The normalized spacial score (nSPS) is 10.8. The van der Waals surface area contributed by atoms with Crippen molar-refractivity contribution >= 4 is 16.9 Å². The Morgan fingerprint density at radius 3 is 2.70 bits per heavy atom. The summed E-state index contributed by atoms with van der Waals surface area (Å²) in [4.78, 5) is 11.2. The first kappa shape index (κ1) is 12.4. The molecule has 0 fully saturated rings. The summed E-state index contributed by atoms with van der Waals surface area (Å²) < 4.78 is 15.5. The third-order valence-corrected chi connectivity index (χ3v) is 3.35. The van der Waals surface area contributed by atoms with Crippen LogP contribution in [-0.2, 0) is 6.54 Å². The Balaban J connectivity index is 2.06. The molecule has 0 aliphatic heterocycles. The molecule has 0 amide bonds. The van der Waals surface area contributed by atoms with Gasteiger partial charge in [-0.15, -0.1) is 0 Å². The standard InChI is InChI=1S/C16H12FNO2/c17-14-6-3-7-15-13(14)8-9-18(15)10-11-4-1-2-5-12(11)16(19)20/h1-9H,10H2,(H,19,20). The number of carboxylic acids is 1. The number of hydrogen-bond acceptors (Lipinski definition) is 1. The van der Waals surface area contributed by atoms with Gasteiger partial charge in [-0.1, -0.05) is 24.3 Å². The maximum atomic E-state index is 13.6.